The third-order valence-electron chi connectivity index (χ3n) is 2.99. The number of nitrogens with one attached hydrogen (secondary N) is 1. The van der Waals surface area contributed by atoms with Crippen LogP contribution in [0.1, 0.15) is 25.8 Å². The number of amides is 1. The van der Waals surface area contributed by atoms with E-state index < -0.39 is 0 Å². The van der Waals surface area contributed by atoms with E-state index in [0.29, 0.717) is 22.5 Å². The lowest BCUT2D eigenvalue weighted by Gasteiger charge is -2.23. The number of halogens is 2. The van der Waals surface area contributed by atoms with Gasteiger partial charge in [0.1, 0.15) is 0 Å². The van der Waals surface area contributed by atoms with Gasteiger partial charge in [-0.05, 0) is 36.1 Å². The Balaban J connectivity index is 2.75. The molecule has 0 aromatic heterocycles. The molecule has 1 rings (SSSR count). The van der Waals surface area contributed by atoms with Gasteiger partial charge in [0.25, 0.3) is 0 Å². The molecule has 0 bridgehead atoms. The van der Waals surface area contributed by atoms with Crippen molar-refractivity contribution in [3.8, 4) is 0 Å². The minimum atomic E-state index is -0.208. The van der Waals surface area contributed by atoms with Crippen LogP contribution in [0.3, 0.4) is 0 Å². The second-order valence-electron chi connectivity index (χ2n) is 5.53. The first-order valence-electron chi connectivity index (χ1n) is 6.69. The molecule has 112 valence electrons. The predicted molar refractivity (Wildman–Crippen MR) is 85.2 cm³/mol. The quantitative estimate of drug-likeness (QED) is 0.870. The van der Waals surface area contributed by atoms with Crippen molar-refractivity contribution in [1.29, 1.82) is 0 Å². The molecule has 1 N–H and O–H groups in total. The van der Waals surface area contributed by atoms with Gasteiger partial charge in [-0.25, -0.2) is 0 Å². The van der Waals surface area contributed by atoms with Crippen LogP contribution in [-0.2, 0) is 11.3 Å². The normalized spacial score (nSPS) is 12.6. The highest BCUT2D eigenvalue weighted by Gasteiger charge is 2.21. The Morgan fingerprint density at radius 3 is 2.50 bits per heavy atom. The van der Waals surface area contributed by atoms with Crippen molar-refractivity contribution in [2.75, 3.05) is 14.1 Å². The molecule has 0 radical (unpaired) electrons. The van der Waals surface area contributed by atoms with Gasteiger partial charge in [-0.15, -0.1) is 0 Å². The number of carbonyl (C=O) groups is 1. The smallest absolute Gasteiger partial charge is 0.239 e. The summed E-state index contributed by atoms with van der Waals surface area (Å²) >= 11 is 12.1. The van der Waals surface area contributed by atoms with Gasteiger partial charge in [0.05, 0.1) is 6.04 Å². The number of carbonyl (C=O) groups excluding carboxylic acids is 1. The van der Waals surface area contributed by atoms with Gasteiger partial charge in [0.2, 0.25) is 5.91 Å². The van der Waals surface area contributed by atoms with Gasteiger partial charge >= 0.3 is 0 Å². The Morgan fingerprint density at radius 2 is 1.95 bits per heavy atom. The Labute approximate surface area is 131 Å². The fraction of sp³-hybridized carbons (Fsp3) is 0.533. The van der Waals surface area contributed by atoms with Crippen LogP contribution in [0.25, 0.3) is 0 Å². The second-order valence-corrected chi connectivity index (χ2v) is 6.38. The third kappa shape index (κ3) is 5.31. The van der Waals surface area contributed by atoms with Crippen LogP contribution in [0.4, 0.5) is 0 Å². The van der Waals surface area contributed by atoms with Crippen LogP contribution in [0.2, 0.25) is 10.0 Å². The van der Waals surface area contributed by atoms with E-state index in [2.05, 4.69) is 19.2 Å². The highest BCUT2D eigenvalue weighted by molar-refractivity contribution is 6.33. The van der Waals surface area contributed by atoms with E-state index in [-0.39, 0.29) is 11.9 Å². The highest BCUT2D eigenvalue weighted by Crippen LogP contribution is 2.21. The van der Waals surface area contributed by atoms with Crippen molar-refractivity contribution >= 4 is 29.1 Å². The maximum absolute atomic E-state index is 12.2. The molecule has 3 nitrogen and oxygen atoms in total. The minimum Gasteiger partial charge on any atom is -0.347 e. The SMILES string of the molecule is CC(C)CC(NCc1cc(Cl)ccc1Cl)C(=O)N(C)C. The standard InChI is InChI=1S/C15H22Cl2N2O/c1-10(2)7-14(15(20)19(3)4)18-9-11-8-12(16)5-6-13(11)17/h5-6,8,10,14,18H,7,9H2,1-4H3. The van der Waals surface area contributed by atoms with Crippen LogP contribution in [0, 0.1) is 5.92 Å². The van der Waals surface area contributed by atoms with Crippen molar-refractivity contribution in [2.24, 2.45) is 5.92 Å². The fourth-order valence-electron chi connectivity index (χ4n) is 1.97. The highest BCUT2D eigenvalue weighted by atomic mass is 35.5. The molecule has 1 unspecified atom stereocenters. The van der Waals surface area contributed by atoms with Crippen molar-refractivity contribution < 1.29 is 4.79 Å². The number of hydrogen-bond acceptors (Lipinski definition) is 2. The largest absolute Gasteiger partial charge is 0.347 e. The lowest BCUT2D eigenvalue weighted by molar-refractivity contribution is -0.131. The van der Waals surface area contributed by atoms with Crippen LogP contribution in [0.15, 0.2) is 18.2 Å². The van der Waals surface area contributed by atoms with Crippen molar-refractivity contribution in [1.82, 2.24) is 10.2 Å². The maximum atomic E-state index is 12.2. The fourth-order valence-corrected chi connectivity index (χ4v) is 2.35. The zero-order chi connectivity index (χ0) is 15.3. The molecule has 0 aliphatic rings. The first kappa shape index (κ1) is 17.3. The minimum absolute atomic E-state index is 0.0804. The molecule has 1 amide bonds. The van der Waals surface area contributed by atoms with Gasteiger partial charge in [-0.1, -0.05) is 37.0 Å². The molecule has 0 aliphatic carbocycles. The van der Waals surface area contributed by atoms with E-state index in [1.54, 1.807) is 31.1 Å². The van der Waals surface area contributed by atoms with Gasteiger partial charge < -0.3 is 10.2 Å². The molecule has 0 fully saturated rings. The molecule has 1 aromatic carbocycles. The maximum Gasteiger partial charge on any atom is 0.239 e. The van der Waals surface area contributed by atoms with E-state index >= 15 is 0 Å². The summed E-state index contributed by atoms with van der Waals surface area (Å²) in [5, 5.41) is 4.58. The molecule has 1 aromatic rings. The van der Waals surface area contributed by atoms with Crippen LogP contribution < -0.4 is 5.32 Å². The van der Waals surface area contributed by atoms with Crippen LogP contribution in [-0.4, -0.2) is 30.9 Å². The van der Waals surface area contributed by atoms with Crippen molar-refractivity contribution in [3.63, 3.8) is 0 Å². The number of likely N-dealkylation sites (N-methyl/N-ethyl adjacent to an activating group) is 1. The Hall–Kier alpha value is -0.770. The Kier molecular flexibility index (Phi) is 6.80. The topological polar surface area (TPSA) is 32.3 Å². The molecule has 0 spiro atoms. The molecule has 0 saturated heterocycles. The average Bonchev–Trinajstić information content (AvgIpc) is 2.36. The van der Waals surface area contributed by atoms with Gasteiger partial charge in [0.15, 0.2) is 0 Å². The Bertz CT molecular complexity index is 461. The third-order valence-corrected chi connectivity index (χ3v) is 3.60. The zero-order valence-electron chi connectivity index (χ0n) is 12.4. The van der Waals surface area contributed by atoms with Gasteiger partial charge in [0, 0.05) is 30.7 Å². The summed E-state index contributed by atoms with van der Waals surface area (Å²) in [6.07, 6.45) is 0.787. The average molecular weight is 317 g/mol. The molecule has 1 atom stereocenters. The molecular weight excluding hydrogens is 295 g/mol. The summed E-state index contributed by atoms with van der Waals surface area (Å²) in [7, 11) is 3.54. The summed E-state index contributed by atoms with van der Waals surface area (Å²) in [5.74, 6) is 0.517. The molecular formula is C15H22Cl2N2O. The molecule has 5 heteroatoms. The van der Waals surface area contributed by atoms with E-state index in [0.717, 1.165) is 12.0 Å². The number of rotatable bonds is 6. The van der Waals surface area contributed by atoms with Crippen LogP contribution >= 0.6 is 23.2 Å². The van der Waals surface area contributed by atoms with Gasteiger partial charge in [-0.3, -0.25) is 4.79 Å². The molecule has 20 heavy (non-hydrogen) atoms. The summed E-state index contributed by atoms with van der Waals surface area (Å²) < 4.78 is 0. The predicted octanol–water partition coefficient (Wildman–Crippen LogP) is 3.59. The van der Waals surface area contributed by atoms with E-state index in [9.17, 15) is 4.79 Å². The zero-order valence-corrected chi connectivity index (χ0v) is 13.9. The molecule has 0 heterocycles. The molecule has 0 saturated carbocycles. The van der Waals surface area contributed by atoms with E-state index in [1.807, 2.05) is 6.07 Å². The second kappa shape index (κ2) is 7.87. The van der Waals surface area contributed by atoms with E-state index in [1.165, 1.54) is 0 Å². The monoisotopic (exact) mass is 316 g/mol. The summed E-state index contributed by atoms with van der Waals surface area (Å²) in [4.78, 5) is 13.8. The summed E-state index contributed by atoms with van der Waals surface area (Å²) in [5.41, 5.74) is 0.902. The van der Waals surface area contributed by atoms with E-state index in [4.69, 9.17) is 23.2 Å². The first-order chi connectivity index (χ1) is 9.31. The summed E-state index contributed by atoms with van der Waals surface area (Å²) in [6.45, 7) is 4.73. The number of benzene rings is 1. The lowest BCUT2D eigenvalue weighted by Crippen LogP contribution is -2.44. The number of hydrogen-bond donors (Lipinski definition) is 1. The number of nitrogens with zero attached hydrogens (tertiary/aromatic N) is 1. The van der Waals surface area contributed by atoms with Crippen molar-refractivity contribution in [2.45, 2.75) is 32.9 Å². The summed E-state index contributed by atoms with van der Waals surface area (Å²) in [6, 6.07) is 5.14. The Morgan fingerprint density at radius 1 is 1.30 bits per heavy atom. The van der Waals surface area contributed by atoms with Gasteiger partial charge in [-0.2, -0.15) is 0 Å². The molecule has 0 aliphatic heterocycles. The van der Waals surface area contributed by atoms with Crippen LogP contribution in [0.5, 0.6) is 0 Å². The first-order valence-corrected chi connectivity index (χ1v) is 7.45. The van der Waals surface area contributed by atoms with Crippen molar-refractivity contribution in [3.05, 3.63) is 33.8 Å². The lowest BCUT2D eigenvalue weighted by atomic mass is 10.0.